The van der Waals surface area contributed by atoms with E-state index in [1.54, 1.807) is 50.3 Å². The average molecular weight is 397 g/mol. The van der Waals surface area contributed by atoms with Gasteiger partial charge in [0.25, 0.3) is 5.91 Å². The zero-order chi connectivity index (χ0) is 21.2. The minimum Gasteiger partial charge on any atom is -0.493 e. The van der Waals surface area contributed by atoms with Crippen molar-refractivity contribution in [1.82, 2.24) is 0 Å². The van der Waals surface area contributed by atoms with Crippen LogP contribution in [0.3, 0.4) is 0 Å². The van der Waals surface area contributed by atoms with Crippen LogP contribution in [0.25, 0.3) is 6.08 Å². The first kappa shape index (κ1) is 20.3. The molecule has 1 amide bonds. The van der Waals surface area contributed by atoms with E-state index in [-0.39, 0.29) is 11.7 Å². The van der Waals surface area contributed by atoms with Crippen LogP contribution in [-0.4, -0.2) is 38.6 Å². The van der Waals surface area contributed by atoms with Crippen LogP contribution >= 0.6 is 0 Å². The van der Waals surface area contributed by atoms with Crippen molar-refractivity contribution in [2.75, 3.05) is 26.6 Å². The summed E-state index contributed by atoms with van der Waals surface area (Å²) in [5.41, 5.74) is 0.704. The van der Waals surface area contributed by atoms with E-state index < -0.39 is 5.60 Å². The maximum Gasteiger partial charge on any atom is 0.268 e. The van der Waals surface area contributed by atoms with Crippen LogP contribution in [0.4, 0.5) is 5.69 Å². The van der Waals surface area contributed by atoms with Crippen molar-refractivity contribution < 1.29 is 28.5 Å². The predicted molar refractivity (Wildman–Crippen MR) is 109 cm³/mol. The van der Waals surface area contributed by atoms with Gasteiger partial charge in [-0.15, -0.1) is 0 Å². The van der Waals surface area contributed by atoms with Crippen LogP contribution in [0.15, 0.2) is 36.4 Å². The molecule has 1 N–H and O–H groups in total. The van der Waals surface area contributed by atoms with Crippen LogP contribution in [0.1, 0.15) is 29.8 Å². The molecule has 29 heavy (non-hydrogen) atoms. The van der Waals surface area contributed by atoms with Gasteiger partial charge in [0.1, 0.15) is 5.75 Å². The predicted octanol–water partition coefficient (Wildman–Crippen LogP) is 3.72. The van der Waals surface area contributed by atoms with Crippen molar-refractivity contribution in [2.45, 2.75) is 19.4 Å². The van der Waals surface area contributed by atoms with Crippen molar-refractivity contribution in [3.8, 4) is 23.0 Å². The van der Waals surface area contributed by atoms with Gasteiger partial charge in [0.15, 0.2) is 22.9 Å². The molecule has 0 radical (unpaired) electrons. The first-order valence-electron chi connectivity index (χ1n) is 8.96. The molecule has 1 heterocycles. The van der Waals surface area contributed by atoms with Gasteiger partial charge in [0.2, 0.25) is 5.75 Å². The molecular formula is C22H23NO6. The van der Waals surface area contributed by atoms with Gasteiger partial charge in [-0.05, 0) is 55.8 Å². The molecule has 152 valence electrons. The molecule has 0 aromatic heterocycles. The van der Waals surface area contributed by atoms with E-state index in [4.69, 9.17) is 18.9 Å². The zero-order valence-electron chi connectivity index (χ0n) is 17.0. The summed E-state index contributed by atoms with van der Waals surface area (Å²) in [6, 6.07) is 8.42. The number of hydrogen-bond acceptors (Lipinski definition) is 6. The molecule has 0 saturated carbocycles. The van der Waals surface area contributed by atoms with Gasteiger partial charge in [0.05, 0.1) is 27.0 Å². The summed E-state index contributed by atoms with van der Waals surface area (Å²) in [6.07, 6.45) is 3.12. The summed E-state index contributed by atoms with van der Waals surface area (Å²) in [5.74, 6) is 1.50. The molecule has 7 heteroatoms. The van der Waals surface area contributed by atoms with E-state index in [0.29, 0.717) is 34.2 Å². The normalized spacial score (nSPS) is 14.6. The summed E-state index contributed by atoms with van der Waals surface area (Å²) in [4.78, 5) is 24.6. The Hall–Kier alpha value is -3.48. The molecule has 0 saturated heterocycles. The molecule has 0 unspecified atom stereocenters. The Kier molecular flexibility index (Phi) is 5.50. The highest BCUT2D eigenvalue weighted by Crippen LogP contribution is 2.38. The molecule has 2 aromatic carbocycles. The van der Waals surface area contributed by atoms with Crippen LogP contribution in [0.5, 0.6) is 23.0 Å². The molecule has 1 aliphatic rings. The first-order valence-corrected chi connectivity index (χ1v) is 8.96. The molecular weight excluding hydrogens is 374 g/mol. The minimum absolute atomic E-state index is 0.208. The standard InChI is InChI=1S/C22H23NO6/c1-22(2)21(25)23-15-8-7-14(12-17(15)29-22)16(24)9-6-13-10-18(26-3)20(28-5)19(11-13)27-4/h6-12H,1-5H3,(H,23,25). The highest BCUT2D eigenvalue weighted by Gasteiger charge is 2.35. The number of allylic oxidation sites excluding steroid dienone is 1. The summed E-state index contributed by atoms with van der Waals surface area (Å²) in [6.45, 7) is 3.34. The van der Waals surface area contributed by atoms with Crippen molar-refractivity contribution in [1.29, 1.82) is 0 Å². The molecule has 7 nitrogen and oxygen atoms in total. The number of carbonyl (C=O) groups is 2. The smallest absolute Gasteiger partial charge is 0.268 e. The second kappa shape index (κ2) is 7.87. The fraction of sp³-hybridized carbons (Fsp3) is 0.273. The molecule has 0 bridgehead atoms. The fourth-order valence-corrected chi connectivity index (χ4v) is 2.92. The SMILES string of the molecule is COc1cc(C=CC(=O)c2ccc3c(c2)OC(C)(C)C(=O)N3)cc(OC)c1OC. The number of ether oxygens (including phenoxy) is 4. The lowest BCUT2D eigenvalue weighted by atomic mass is 10.0. The third-order valence-electron chi connectivity index (χ3n) is 4.54. The number of ketones is 1. The van der Waals surface area contributed by atoms with Crippen LogP contribution in [-0.2, 0) is 4.79 Å². The summed E-state index contributed by atoms with van der Waals surface area (Å²) < 4.78 is 21.7. The number of anilines is 1. The summed E-state index contributed by atoms with van der Waals surface area (Å²) in [7, 11) is 4.59. The lowest BCUT2D eigenvalue weighted by Crippen LogP contribution is -2.45. The lowest BCUT2D eigenvalue weighted by molar-refractivity contribution is -0.129. The Balaban J connectivity index is 1.86. The molecule has 0 aliphatic carbocycles. The first-order chi connectivity index (χ1) is 13.8. The van der Waals surface area contributed by atoms with E-state index in [0.717, 1.165) is 5.56 Å². The van der Waals surface area contributed by atoms with E-state index in [2.05, 4.69) is 5.32 Å². The third kappa shape index (κ3) is 4.03. The quantitative estimate of drug-likeness (QED) is 0.591. The summed E-state index contributed by atoms with van der Waals surface area (Å²) >= 11 is 0. The number of benzene rings is 2. The second-order valence-corrected chi connectivity index (χ2v) is 6.93. The Bertz CT molecular complexity index is 968. The van der Waals surface area contributed by atoms with E-state index in [1.807, 2.05) is 0 Å². The van der Waals surface area contributed by atoms with Gasteiger partial charge >= 0.3 is 0 Å². The number of hydrogen-bond donors (Lipinski definition) is 1. The maximum atomic E-state index is 12.6. The Morgan fingerprint density at radius 2 is 1.69 bits per heavy atom. The van der Waals surface area contributed by atoms with Gasteiger partial charge < -0.3 is 24.3 Å². The molecule has 1 aliphatic heterocycles. The van der Waals surface area contributed by atoms with Gasteiger partial charge in [-0.25, -0.2) is 0 Å². The Morgan fingerprint density at radius 1 is 1.03 bits per heavy atom. The molecule has 0 spiro atoms. The highest BCUT2D eigenvalue weighted by atomic mass is 16.5. The van der Waals surface area contributed by atoms with Gasteiger partial charge in [-0.1, -0.05) is 6.08 Å². The topological polar surface area (TPSA) is 83.1 Å². The van der Waals surface area contributed by atoms with Gasteiger partial charge in [-0.2, -0.15) is 0 Å². The van der Waals surface area contributed by atoms with E-state index in [9.17, 15) is 9.59 Å². The van der Waals surface area contributed by atoms with Crippen molar-refractivity contribution in [3.05, 3.63) is 47.5 Å². The van der Waals surface area contributed by atoms with Crippen molar-refractivity contribution in [2.24, 2.45) is 0 Å². The monoisotopic (exact) mass is 397 g/mol. The van der Waals surface area contributed by atoms with Crippen molar-refractivity contribution in [3.63, 3.8) is 0 Å². The van der Waals surface area contributed by atoms with Crippen LogP contribution < -0.4 is 24.3 Å². The largest absolute Gasteiger partial charge is 0.493 e. The Labute approximate surface area is 169 Å². The maximum absolute atomic E-state index is 12.6. The number of rotatable bonds is 6. The number of nitrogens with one attached hydrogen (secondary N) is 1. The van der Waals surface area contributed by atoms with Gasteiger partial charge in [0, 0.05) is 5.56 Å². The molecule has 0 atom stereocenters. The minimum atomic E-state index is -0.999. The second-order valence-electron chi connectivity index (χ2n) is 6.93. The van der Waals surface area contributed by atoms with E-state index in [1.165, 1.54) is 27.4 Å². The number of carbonyl (C=O) groups excluding carboxylic acids is 2. The zero-order valence-corrected chi connectivity index (χ0v) is 17.0. The highest BCUT2D eigenvalue weighted by molar-refractivity contribution is 6.08. The van der Waals surface area contributed by atoms with Crippen LogP contribution in [0.2, 0.25) is 0 Å². The lowest BCUT2D eigenvalue weighted by Gasteiger charge is -2.31. The Morgan fingerprint density at radius 3 is 2.28 bits per heavy atom. The van der Waals surface area contributed by atoms with E-state index >= 15 is 0 Å². The van der Waals surface area contributed by atoms with Gasteiger partial charge in [-0.3, -0.25) is 9.59 Å². The average Bonchev–Trinajstić information content (AvgIpc) is 2.71. The number of fused-ring (bicyclic) bond motifs is 1. The fourth-order valence-electron chi connectivity index (χ4n) is 2.92. The third-order valence-corrected chi connectivity index (χ3v) is 4.54. The number of amides is 1. The molecule has 2 aromatic rings. The molecule has 3 rings (SSSR count). The summed E-state index contributed by atoms with van der Waals surface area (Å²) in [5, 5.41) is 2.78. The molecule has 0 fully saturated rings. The van der Waals surface area contributed by atoms with Crippen molar-refractivity contribution >= 4 is 23.5 Å². The van der Waals surface area contributed by atoms with Crippen LogP contribution in [0, 0.1) is 0 Å². The number of methoxy groups -OCH3 is 3.